The summed E-state index contributed by atoms with van der Waals surface area (Å²) in [6.07, 6.45) is 8.76. The largest absolute Gasteiger partial charge is 0.337 e. The highest BCUT2D eigenvalue weighted by Gasteiger charge is 2.09. The predicted octanol–water partition coefficient (Wildman–Crippen LogP) is 2.28. The quantitative estimate of drug-likeness (QED) is 0.798. The highest BCUT2D eigenvalue weighted by Crippen LogP contribution is 2.11. The van der Waals surface area contributed by atoms with Crippen molar-refractivity contribution in [3.8, 4) is 0 Å². The molecule has 2 heterocycles. The Bertz CT molecular complexity index is 503. The maximum atomic E-state index is 4.43. The first-order valence-corrected chi connectivity index (χ1v) is 6.84. The van der Waals surface area contributed by atoms with Crippen molar-refractivity contribution in [3.63, 3.8) is 0 Å². The van der Waals surface area contributed by atoms with Gasteiger partial charge in [-0.2, -0.15) is 5.10 Å². The van der Waals surface area contributed by atoms with Gasteiger partial charge >= 0.3 is 0 Å². The minimum absolute atomic E-state index is 0.781. The molecule has 0 N–H and O–H groups in total. The molecule has 0 fully saturated rings. The average Bonchev–Trinajstić information content (AvgIpc) is 2.92. The van der Waals surface area contributed by atoms with Gasteiger partial charge in [0.25, 0.3) is 0 Å². The number of anilines is 1. The molecular formula is C14H21N5. The van der Waals surface area contributed by atoms with Crippen molar-refractivity contribution in [1.82, 2.24) is 19.7 Å². The predicted molar refractivity (Wildman–Crippen MR) is 76.0 cm³/mol. The Labute approximate surface area is 114 Å². The molecule has 102 valence electrons. The van der Waals surface area contributed by atoms with E-state index in [1.165, 1.54) is 11.1 Å². The van der Waals surface area contributed by atoms with Gasteiger partial charge in [-0.3, -0.25) is 4.68 Å². The fourth-order valence-corrected chi connectivity index (χ4v) is 1.90. The maximum Gasteiger partial charge on any atom is 0.225 e. The van der Waals surface area contributed by atoms with E-state index in [1.54, 1.807) is 0 Å². The van der Waals surface area contributed by atoms with E-state index >= 15 is 0 Å². The van der Waals surface area contributed by atoms with Crippen LogP contribution < -0.4 is 4.90 Å². The molecule has 0 saturated carbocycles. The number of aromatic nitrogens is 4. The summed E-state index contributed by atoms with van der Waals surface area (Å²) in [6.45, 7) is 8.87. The van der Waals surface area contributed by atoms with E-state index in [0.29, 0.717) is 0 Å². The molecule has 0 amide bonds. The second-order valence-corrected chi connectivity index (χ2v) is 4.46. The van der Waals surface area contributed by atoms with Crippen LogP contribution in [0.25, 0.3) is 0 Å². The Morgan fingerprint density at radius 2 is 1.79 bits per heavy atom. The zero-order chi connectivity index (χ0) is 13.7. The molecule has 0 spiro atoms. The summed E-state index contributed by atoms with van der Waals surface area (Å²) >= 11 is 0. The standard InChI is InChI=1S/C14H21N5/c1-4-12-7-15-14(16-8-12)18(5-2)10-13-9-17-19(6-3)11-13/h7-9,11H,4-6,10H2,1-3H3. The lowest BCUT2D eigenvalue weighted by Gasteiger charge is -2.19. The lowest BCUT2D eigenvalue weighted by molar-refractivity contribution is 0.658. The lowest BCUT2D eigenvalue weighted by atomic mass is 10.3. The Hall–Kier alpha value is -1.91. The van der Waals surface area contributed by atoms with E-state index in [2.05, 4.69) is 46.9 Å². The zero-order valence-electron chi connectivity index (χ0n) is 11.9. The van der Waals surface area contributed by atoms with Gasteiger partial charge in [-0.1, -0.05) is 6.92 Å². The summed E-state index contributed by atoms with van der Waals surface area (Å²) in [7, 11) is 0. The SMILES string of the molecule is CCc1cnc(N(CC)Cc2cnn(CC)c2)nc1. The van der Waals surface area contributed by atoms with Crippen molar-refractivity contribution in [3.05, 3.63) is 35.9 Å². The van der Waals surface area contributed by atoms with Gasteiger partial charge in [0.15, 0.2) is 0 Å². The molecule has 5 nitrogen and oxygen atoms in total. The Balaban J connectivity index is 2.10. The van der Waals surface area contributed by atoms with Crippen molar-refractivity contribution in [1.29, 1.82) is 0 Å². The van der Waals surface area contributed by atoms with Crippen LogP contribution in [0.4, 0.5) is 5.95 Å². The highest BCUT2D eigenvalue weighted by molar-refractivity contribution is 5.31. The molecule has 0 atom stereocenters. The normalized spacial score (nSPS) is 10.7. The van der Waals surface area contributed by atoms with Gasteiger partial charge in [-0.05, 0) is 25.8 Å². The lowest BCUT2D eigenvalue weighted by Crippen LogP contribution is -2.24. The Kier molecular flexibility index (Phi) is 4.49. The van der Waals surface area contributed by atoms with E-state index in [9.17, 15) is 0 Å². The van der Waals surface area contributed by atoms with Gasteiger partial charge in [0.05, 0.1) is 6.20 Å². The first-order valence-electron chi connectivity index (χ1n) is 6.84. The summed E-state index contributed by atoms with van der Waals surface area (Å²) in [6, 6.07) is 0. The Morgan fingerprint density at radius 3 is 2.32 bits per heavy atom. The van der Waals surface area contributed by atoms with Crippen molar-refractivity contribution in [2.45, 2.75) is 40.3 Å². The average molecular weight is 259 g/mol. The molecule has 0 aliphatic carbocycles. The van der Waals surface area contributed by atoms with Gasteiger partial charge in [0.1, 0.15) is 0 Å². The fraction of sp³-hybridized carbons (Fsp3) is 0.500. The van der Waals surface area contributed by atoms with Crippen LogP contribution in [0.15, 0.2) is 24.8 Å². The van der Waals surface area contributed by atoms with Crippen LogP contribution in [0, 0.1) is 0 Å². The van der Waals surface area contributed by atoms with Crippen molar-refractivity contribution < 1.29 is 0 Å². The van der Waals surface area contributed by atoms with E-state index in [4.69, 9.17) is 0 Å². The molecule has 0 saturated heterocycles. The summed E-state index contributed by atoms with van der Waals surface area (Å²) in [5.74, 6) is 0.781. The molecule has 0 aromatic carbocycles. The molecule has 0 bridgehead atoms. The molecular weight excluding hydrogens is 238 g/mol. The minimum Gasteiger partial charge on any atom is -0.337 e. The molecule has 0 aliphatic rings. The summed E-state index contributed by atoms with van der Waals surface area (Å²) in [5, 5.41) is 4.29. The van der Waals surface area contributed by atoms with Crippen LogP contribution in [0.5, 0.6) is 0 Å². The second-order valence-electron chi connectivity index (χ2n) is 4.46. The molecule has 2 aromatic heterocycles. The first-order chi connectivity index (χ1) is 9.26. The zero-order valence-corrected chi connectivity index (χ0v) is 11.9. The maximum absolute atomic E-state index is 4.43. The van der Waals surface area contributed by atoms with Crippen LogP contribution in [0.2, 0.25) is 0 Å². The second kappa shape index (κ2) is 6.31. The molecule has 0 unspecified atom stereocenters. The number of aryl methyl sites for hydroxylation is 2. The summed E-state index contributed by atoms with van der Waals surface area (Å²) in [5.41, 5.74) is 2.35. The number of nitrogens with zero attached hydrogens (tertiary/aromatic N) is 5. The molecule has 5 heteroatoms. The minimum atomic E-state index is 0.781. The van der Waals surface area contributed by atoms with Crippen LogP contribution >= 0.6 is 0 Å². The summed E-state index contributed by atoms with van der Waals surface area (Å²) < 4.78 is 1.93. The van der Waals surface area contributed by atoms with Gasteiger partial charge < -0.3 is 4.90 Å². The van der Waals surface area contributed by atoms with Crippen LogP contribution in [-0.4, -0.2) is 26.3 Å². The first kappa shape index (κ1) is 13.5. The number of rotatable bonds is 6. The van der Waals surface area contributed by atoms with Crippen molar-refractivity contribution in [2.75, 3.05) is 11.4 Å². The van der Waals surface area contributed by atoms with Crippen LogP contribution in [-0.2, 0) is 19.5 Å². The van der Waals surface area contributed by atoms with E-state index in [0.717, 1.165) is 32.0 Å². The smallest absolute Gasteiger partial charge is 0.225 e. The van der Waals surface area contributed by atoms with Crippen LogP contribution in [0.3, 0.4) is 0 Å². The van der Waals surface area contributed by atoms with E-state index < -0.39 is 0 Å². The van der Waals surface area contributed by atoms with E-state index in [-0.39, 0.29) is 0 Å². The monoisotopic (exact) mass is 259 g/mol. The third-order valence-electron chi connectivity index (χ3n) is 3.15. The molecule has 2 rings (SSSR count). The third-order valence-corrected chi connectivity index (χ3v) is 3.15. The van der Waals surface area contributed by atoms with Gasteiger partial charge in [-0.25, -0.2) is 9.97 Å². The van der Waals surface area contributed by atoms with Gasteiger partial charge in [0, 0.05) is 43.8 Å². The van der Waals surface area contributed by atoms with Crippen molar-refractivity contribution in [2.24, 2.45) is 0 Å². The molecule has 19 heavy (non-hydrogen) atoms. The third kappa shape index (κ3) is 3.30. The highest BCUT2D eigenvalue weighted by atomic mass is 15.3. The molecule has 0 aliphatic heterocycles. The fourth-order valence-electron chi connectivity index (χ4n) is 1.90. The Morgan fingerprint density at radius 1 is 1.05 bits per heavy atom. The van der Waals surface area contributed by atoms with Crippen molar-refractivity contribution >= 4 is 5.95 Å². The molecule has 0 radical (unpaired) electrons. The van der Waals surface area contributed by atoms with E-state index in [1.807, 2.05) is 23.3 Å². The number of hydrogen-bond acceptors (Lipinski definition) is 4. The summed E-state index contributed by atoms with van der Waals surface area (Å²) in [4.78, 5) is 11.0. The van der Waals surface area contributed by atoms with Gasteiger partial charge in [0.2, 0.25) is 5.95 Å². The molecule has 2 aromatic rings. The van der Waals surface area contributed by atoms with Crippen LogP contribution in [0.1, 0.15) is 31.9 Å². The van der Waals surface area contributed by atoms with Gasteiger partial charge in [-0.15, -0.1) is 0 Å². The number of hydrogen-bond donors (Lipinski definition) is 0. The topological polar surface area (TPSA) is 46.8 Å².